The second kappa shape index (κ2) is 9.80. The van der Waals surface area contributed by atoms with Gasteiger partial charge in [-0.2, -0.15) is 0 Å². The molecule has 6 nitrogen and oxygen atoms in total. The van der Waals surface area contributed by atoms with E-state index in [1.54, 1.807) is 53.4 Å². The van der Waals surface area contributed by atoms with Crippen molar-refractivity contribution < 1.29 is 14.3 Å². The molecule has 0 unspecified atom stereocenters. The Balaban J connectivity index is 1.75. The fraction of sp³-hybridized carbons (Fsp3) is 0.286. The molecule has 152 valence electrons. The minimum atomic E-state index is -0.560. The van der Waals surface area contributed by atoms with Crippen LogP contribution in [-0.4, -0.2) is 40.3 Å². The van der Waals surface area contributed by atoms with Crippen molar-refractivity contribution in [2.24, 2.45) is 4.99 Å². The van der Waals surface area contributed by atoms with E-state index in [4.69, 9.17) is 16.3 Å². The van der Waals surface area contributed by atoms with Crippen LogP contribution in [0.25, 0.3) is 0 Å². The molecule has 2 aromatic carbocycles. The third-order valence-corrected chi connectivity index (χ3v) is 5.64. The minimum Gasteiger partial charge on any atom is -0.494 e. The number of benzene rings is 2. The number of ether oxygens (including phenoxy) is 1. The second-order valence-electron chi connectivity index (χ2n) is 6.27. The van der Waals surface area contributed by atoms with Crippen molar-refractivity contribution in [1.82, 2.24) is 4.90 Å². The van der Waals surface area contributed by atoms with Gasteiger partial charge in [-0.15, -0.1) is 0 Å². The summed E-state index contributed by atoms with van der Waals surface area (Å²) in [6.07, 6.45) is 0.121. The minimum absolute atomic E-state index is 0.121. The molecule has 0 aromatic heterocycles. The molecule has 0 bridgehead atoms. The average molecular weight is 432 g/mol. The first-order valence-electron chi connectivity index (χ1n) is 9.35. The van der Waals surface area contributed by atoms with E-state index in [-0.39, 0.29) is 18.2 Å². The van der Waals surface area contributed by atoms with Gasteiger partial charge in [0.05, 0.1) is 12.3 Å². The van der Waals surface area contributed by atoms with Gasteiger partial charge in [0, 0.05) is 23.7 Å². The van der Waals surface area contributed by atoms with Crippen molar-refractivity contribution >= 4 is 51.7 Å². The zero-order valence-electron chi connectivity index (χ0n) is 16.2. The van der Waals surface area contributed by atoms with Crippen molar-refractivity contribution in [3.8, 4) is 5.75 Å². The molecule has 2 amide bonds. The summed E-state index contributed by atoms with van der Waals surface area (Å²) in [5.41, 5.74) is 1.29. The summed E-state index contributed by atoms with van der Waals surface area (Å²) in [6.45, 7) is 4.86. The fourth-order valence-corrected chi connectivity index (χ4v) is 4.18. The normalized spacial score (nSPS) is 18.0. The highest BCUT2D eigenvalue weighted by molar-refractivity contribution is 8.15. The third kappa shape index (κ3) is 5.52. The zero-order chi connectivity index (χ0) is 20.8. The molecule has 0 saturated carbocycles. The van der Waals surface area contributed by atoms with Crippen LogP contribution >= 0.6 is 23.4 Å². The van der Waals surface area contributed by atoms with Gasteiger partial charge < -0.3 is 10.1 Å². The maximum Gasteiger partial charge on any atom is 0.238 e. The molecule has 0 radical (unpaired) electrons. The van der Waals surface area contributed by atoms with Crippen molar-refractivity contribution in [2.45, 2.75) is 25.5 Å². The zero-order valence-corrected chi connectivity index (χ0v) is 17.8. The van der Waals surface area contributed by atoms with Crippen LogP contribution in [0.4, 0.5) is 11.4 Å². The summed E-state index contributed by atoms with van der Waals surface area (Å²) in [4.78, 5) is 31.5. The first-order valence-corrected chi connectivity index (χ1v) is 10.6. The van der Waals surface area contributed by atoms with E-state index in [0.717, 1.165) is 5.75 Å². The fourth-order valence-electron chi connectivity index (χ4n) is 2.83. The first kappa shape index (κ1) is 21.2. The lowest BCUT2D eigenvalue weighted by Crippen LogP contribution is -2.45. The number of rotatable bonds is 6. The van der Waals surface area contributed by atoms with Crippen molar-refractivity contribution in [2.75, 3.05) is 18.5 Å². The van der Waals surface area contributed by atoms with Gasteiger partial charge in [-0.05, 0) is 56.3 Å². The summed E-state index contributed by atoms with van der Waals surface area (Å²) in [5, 5.41) is 3.37. The number of aliphatic imine (C=N–C) groups is 1. The van der Waals surface area contributed by atoms with Gasteiger partial charge in [0.15, 0.2) is 5.17 Å². The van der Waals surface area contributed by atoms with Gasteiger partial charge in [-0.25, -0.2) is 4.99 Å². The van der Waals surface area contributed by atoms with Gasteiger partial charge in [-0.3, -0.25) is 14.5 Å². The van der Waals surface area contributed by atoms with Gasteiger partial charge in [0.25, 0.3) is 0 Å². The molecule has 3 rings (SSSR count). The molecule has 1 saturated heterocycles. The Bertz CT molecular complexity index is 918. The predicted molar refractivity (Wildman–Crippen MR) is 118 cm³/mol. The molecule has 0 aliphatic carbocycles. The standard InChI is InChI=1S/C21H22ClN3O3S/c1-3-25-19(26)13-18(29-21(25)24-16-7-5-6-14(22)12-16)20(27)23-15-8-10-17(11-9-15)28-4-2/h5-12,18H,3-4,13H2,1-2H3,(H,23,27)/t18-/m1/s1. The lowest BCUT2D eigenvalue weighted by molar-refractivity contribution is -0.129. The topological polar surface area (TPSA) is 71.0 Å². The molecule has 1 heterocycles. The van der Waals surface area contributed by atoms with Crippen LogP contribution < -0.4 is 10.1 Å². The third-order valence-electron chi connectivity index (χ3n) is 4.21. The molecule has 1 aliphatic rings. The van der Waals surface area contributed by atoms with Crippen LogP contribution in [0.2, 0.25) is 5.02 Å². The van der Waals surface area contributed by atoms with Crippen molar-refractivity contribution in [3.05, 3.63) is 53.6 Å². The summed E-state index contributed by atoms with van der Waals surface area (Å²) in [5.74, 6) is 0.378. The number of amides is 2. The van der Waals surface area contributed by atoms with Gasteiger partial charge in [0.2, 0.25) is 11.8 Å². The average Bonchev–Trinajstić information content (AvgIpc) is 2.69. The molecule has 0 spiro atoms. The molecule has 1 N–H and O–H groups in total. The number of halogens is 1. The number of amidine groups is 1. The van der Waals surface area contributed by atoms with Crippen LogP contribution in [0.1, 0.15) is 20.3 Å². The van der Waals surface area contributed by atoms with Crippen LogP contribution in [-0.2, 0) is 9.59 Å². The van der Waals surface area contributed by atoms with Gasteiger partial charge >= 0.3 is 0 Å². The lowest BCUT2D eigenvalue weighted by Gasteiger charge is -2.30. The monoisotopic (exact) mass is 431 g/mol. The molecular formula is C21H22ClN3O3S. The lowest BCUT2D eigenvalue weighted by atomic mass is 10.2. The highest BCUT2D eigenvalue weighted by Gasteiger charge is 2.35. The van der Waals surface area contributed by atoms with Crippen LogP contribution in [0.15, 0.2) is 53.5 Å². The van der Waals surface area contributed by atoms with Gasteiger partial charge in [0.1, 0.15) is 11.0 Å². The highest BCUT2D eigenvalue weighted by atomic mass is 35.5. The van der Waals surface area contributed by atoms with Crippen molar-refractivity contribution in [1.29, 1.82) is 0 Å². The quantitative estimate of drug-likeness (QED) is 0.718. The first-order chi connectivity index (χ1) is 14.0. The van der Waals surface area contributed by atoms with Gasteiger partial charge in [-0.1, -0.05) is 29.4 Å². The summed E-state index contributed by atoms with van der Waals surface area (Å²) in [7, 11) is 0. The van der Waals surface area contributed by atoms with E-state index >= 15 is 0 Å². The number of nitrogens with one attached hydrogen (secondary N) is 1. The molecule has 1 atom stereocenters. The number of anilines is 1. The van der Waals surface area contributed by atoms with E-state index in [1.165, 1.54) is 11.8 Å². The Morgan fingerprint density at radius 1 is 1.28 bits per heavy atom. The molecule has 29 heavy (non-hydrogen) atoms. The van der Waals surface area contributed by atoms with E-state index in [1.807, 2.05) is 13.8 Å². The SMILES string of the molecule is CCOc1ccc(NC(=O)[C@H]2CC(=O)N(CC)C(=Nc3cccc(Cl)c3)S2)cc1. The molecule has 1 aliphatic heterocycles. The molecular weight excluding hydrogens is 410 g/mol. The summed E-state index contributed by atoms with van der Waals surface area (Å²) in [6, 6.07) is 14.2. The number of nitrogens with zero attached hydrogens (tertiary/aromatic N) is 2. The number of carbonyl (C=O) groups excluding carboxylic acids is 2. The Labute approximate surface area is 179 Å². The summed E-state index contributed by atoms with van der Waals surface area (Å²) < 4.78 is 5.41. The molecule has 2 aromatic rings. The Hall–Kier alpha value is -2.51. The smallest absolute Gasteiger partial charge is 0.238 e. The Kier molecular flexibility index (Phi) is 7.17. The maximum atomic E-state index is 12.8. The van der Waals surface area contributed by atoms with Crippen molar-refractivity contribution in [3.63, 3.8) is 0 Å². The largest absolute Gasteiger partial charge is 0.494 e. The van der Waals surface area contributed by atoms with E-state index in [0.29, 0.717) is 34.7 Å². The predicted octanol–water partition coefficient (Wildman–Crippen LogP) is 4.72. The number of thioether (sulfide) groups is 1. The van der Waals surface area contributed by atoms with Crippen LogP contribution in [0.5, 0.6) is 5.75 Å². The number of hydrogen-bond acceptors (Lipinski definition) is 5. The van der Waals surface area contributed by atoms with E-state index < -0.39 is 5.25 Å². The number of carbonyl (C=O) groups is 2. The summed E-state index contributed by atoms with van der Waals surface area (Å²) >= 11 is 7.31. The highest BCUT2D eigenvalue weighted by Crippen LogP contribution is 2.30. The van der Waals surface area contributed by atoms with Crippen LogP contribution in [0, 0.1) is 0 Å². The molecule has 8 heteroatoms. The Morgan fingerprint density at radius 2 is 2.03 bits per heavy atom. The molecule has 1 fully saturated rings. The van der Waals surface area contributed by atoms with E-state index in [2.05, 4.69) is 10.3 Å². The Morgan fingerprint density at radius 3 is 2.69 bits per heavy atom. The van der Waals surface area contributed by atoms with E-state index in [9.17, 15) is 9.59 Å². The maximum absolute atomic E-state index is 12.8. The van der Waals surface area contributed by atoms with Crippen LogP contribution in [0.3, 0.4) is 0 Å². The number of hydrogen-bond donors (Lipinski definition) is 1. The second-order valence-corrected chi connectivity index (χ2v) is 7.88.